The number of carboxylic acids is 1. The van der Waals surface area contributed by atoms with E-state index < -0.39 is 30.0 Å². The van der Waals surface area contributed by atoms with Crippen molar-refractivity contribution in [2.24, 2.45) is 0 Å². The van der Waals surface area contributed by atoms with Crippen LogP contribution in [0.15, 0.2) is 24.3 Å². The Labute approximate surface area is 121 Å². The van der Waals surface area contributed by atoms with Crippen molar-refractivity contribution >= 4 is 12.0 Å². The molecule has 21 heavy (non-hydrogen) atoms. The van der Waals surface area contributed by atoms with Gasteiger partial charge in [0, 0.05) is 12.1 Å². The molecule has 2 atom stereocenters. The number of carbonyl (C=O) groups is 2. The number of benzene rings is 1. The molecule has 0 aromatic heterocycles. The second-order valence-corrected chi connectivity index (χ2v) is 4.84. The first-order valence-corrected chi connectivity index (χ1v) is 6.63. The van der Waals surface area contributed by atoms with E-state index in [2.05, 4.69) is 5.32 Å². The maximum atomic E-state index is 13.6. The number of carbonyl (C=O) groups excluding carboxylic acids is 1. The SMILES string of the molecule is CC(NC(=O)N1CCOC(C(=O)O)C1)c1ccccc1F. The van der Waals surface area contributed by atoms with Gasteiger partial charge in [-0.05, 0) is 13.0 Å². The summed E-state index contributed by atoms with van der Waals surface area (Å²) in [5, 5.41) is 11.6. The van der Waals surface area contributed by atoms with Crippen LogP contribution in [0.2, 0.25) is 0 Å². The van der Waals surface area contributed by atoms with Gasteiger partial charge in [-0.2, -0.15) is 0 Å². The molecule has 0 saturated carbocycles. The van der Waals surface area contributed by atoms with E-state index in [9.17, 15) is 14.0 Å². The van der Waals surface area contributed by atoms with Gasteiger partial charge in [0.25, 0.3) is 0 Å². The molecule has 2 amide bonds. The zero-order valence-electron chi connectivity index (χ0n) is 11.6. The lowest BCUT2D eigenvalue weighted by Crippen LogP contribution is -2.52. The maximum Gasteiger partial charge on any atom is 0.334 e. The summed E-state index contributed by atoms with van der Waals surface area (Å²) in [5.74, 6) is -1.50. The van der Waals surface area contributed by atoms with Crippen LogP contribution in [0.1, 0.15) is 18.5 Å². The molecule has 1 fully saturated rings. The van der Waals surface area contributed by atoms with Crippen molar-refractivity contribution in [1.82, 2.24) is 10.2 Å². The topological polar surface area (TPSA) is 78.9 Å². The Morgan fingerprint density at radius 2 is 2.19 bits per heavy atom. The monoisotopic (exact) mass is 296 g/mol. The van der Waals surface area contributed by atoms with E-state index in [1.165, 1.54) is 11.0 Å². The lowest BCUT2D eigenvalue weighted by Gasteiger charge is -2.31. The van der Waals surface area contributed by atoms with Gasteiger partial charge in [-0.3, -0.25) is 0 Å². The maximum absolute atomic E-state index is 13.6. The lowest BCUT2D eigenvalue weighted by molar-refractivity contribution is -0.154. The highest BCUT2D eigenvalue weighted by molar-refractivity contribution is 5.77. The first-order valence-electron chi connectivity index (χ1n) is 6.63. The van der Waals surface area contributed by atoms with Gasteiger partial charge in [-0.15, -0.1) is 0 Å². The average Bonchev–Trinajstić information content (AvgIpc) is 2.47. The molecule has 114 valence electrons. The minimum Gasteiger partial charge on any atom is -0.479 e. The summed E-state index contributed by atoms with van der Waals surface area (Å²) in [4.78, 5) is 24.3. The van der Waals surface area contributed by atoms with Crippen LogP contribution >= 0.6 is 0 Å². The summed E-state index contributed by atoms with van der Waals surface area (Å²) in [7, 11) is 0. The van der Waals surface area contributed by atoms with Crippen molar-refractivity contribution in [3.8, 4) is 0 Å². The molecule has 2 N–H and O–H groups in total. The Morgan fingerprint density at radius 1 is 1.48 bits per heavy atom. The van der Waals surface area contributed by atoms with Crippen molar-refractivity contribution in [3.05, 3.63) is 35.6 Å². The van der Waals surface area contributed by atoms with Crippen LogP contribution < -0.4 is 5.32 Å². The molecule has 2 rings (SSSR count). The number of aliphatic carboxylic acids is 1. The van der Waals surface area contributed by atoms with Gasteiger partial charge in [-0.1, -0.05) is 18.2 Å². The standard InChI is InChI=1S/C14H17FN2O4/c1-9(10-4-2-3-5-11(10)15)16-14(20)17-6-7-21-12(8-17)13(18)19/h2-5,9,12H,6-8H2,1H3,(H,16,20)(H,18,19). The number of hydrogen-bond acceptors (Lipinski definition) is 3. The number of hydrogen-bond donors (Lipinski definition) is 2. The third kappa shape index (κ3) is 3.69. The minimum atomic E-state index is -1.10. The van der Waals surface area contributed by atoms with Crippen molar-refractivity contribution < 1.29 is 23.8 Å². The second kappa shape index (κ2) is 6.53. The molecule has 0 radical (unpaired) electrons. The third-order valence-electron chi connectivity index (χ3n) is 3.34. The Balaban J connectivity index is 1.98. The number of amides is 2. The van der Waals surface area contributed by atoms with Crippen LogP contribution in [0.5, 0.6) is 0 Å². The molecule has 1 aromatic rings. The highest BCUT2D eigenvalue weighted by Crippen LogP contribution is 2.16. The Morgan fingerprint density at radius 3 is 2.86 bits per heavy atom. The summed E-state index contributed by atoms with van der Waals surface area (Å²) in [6.07, 6.45) is -1.02. The molecule has 0 aliphatic carbocycles. The van der Waals surface area contributed by atoms with Crippen LogP contribution in [0.25, 0.3) is 0 Å². The molecule has 1 saturated heterocycles. The van der Waals surface area contributed by atoms with E-state index in [4.69, 9.17) is 9.84 Å². The normalized spacial score (nSPS) is 19.9. The smallest absolute Gasteiger partial charge is 0.334 e. The Bertz CT molecular complexity index is 537. The predicted molar refractivity (Wildman–Crippen MR) is 72.3 cm³/mol. The fourth-order valence-corrected chi connectivity index (χ4v) is 2.16. The number of carboxylic acid groups (broad SMARTS) is 1. The number of halogens is 1. The van der Waals surface area contributed by atoms with Crippen LogP contribution in [-0.4, -0.2) is 47.8 Å². The fraction of sp³-hybridized carbons (Fsp3) is 0.429. The molecule has 1 heterocycles. The molecule has 7 heteroatoms. The molecule has 1 aliphatic rings. The molecule has 0 spiro atoms. The number of rotatable bonds is 3. The number of ether oxygens (including phenoxy) is 1. The first kappa shape index (κ1) is 15.2. The summed E-state index contributed by atoms with van der Waals surface area (Å²) < 4.78 is 18.7. The molecule has 1 aromatic carbocycles. The fourth-order valence-electron chi connectivity index (χ4n) is 2.16. The minimum absolute atomic E-state index is 0.0227. The van der Waals surface area contributed by atoms with Crippen LogP contribution in [0, 0.1) is 5.82 Å². The predicted octanol–water partition coefficient (Wildman–Crippen LogP) is 1.38. The Hall–Kier alpha value is -2.15. The lowest BCUT2D eigenvalue weighted by atomic mass is 10.1. The van der Waals surface area contributed by atoms with Gasteiger partial charge < -0.3 is 20.1 Å². The highest BCUT2D eigenvalue weighted by atomic mass is 19.1. The molecule has 0 bridgehead atoms. The molecule has 6 nitrogen and oxygen atoms in total. The molecule has 1 aliphatic heterocycles. The van der Waals surface area contributed by atoms with Gasteiger partial charge in [0.05, 0.1) is 19.2 Å². The first-order chi connectivity index (χ1) is 9.99. The van der Waals surface area contributed by atoms with E-state index in [1.54, 1.807) is 25.1 Å². The quantitative estimate of drug-likeness (QED) is 0.883. The van der Waals surface area contributed by atoms with Crippen molar-refractivity contribution in [1.29, 1.82) is 0 Å². The van der Waals surface area contributed by atoms with E-state index in [0.29, 0.717) is 12.1 Å². The number of nitrogens with one attached hydrogen (secondary N) is 1. The summed E-state index contributed by atoms with van der Waals surface area (Å²) in [6, 6.07) is 5.25. The van der Waals surface area contributed by atoms with E-state index in [0.717, 1.165) is 0 Å². The van der Waals surface area contributed by atoms with E-state index >= 15 is 0 Å². The van der Waals surface area contributed by atoms with Gasteiger partial charge in [0.15, 0.2) is 6.10 Å². The van der Waals surface area contributed by atoms with Gasteiger partial charge >= 0.3 is 12.0 Å². The van der Waals surface area contributed by atoms with Crippen molar-refractivity contribution in [2.75, 3.05) is 19.7 Å². The van der Waals surface area contributed by atoms with Gasteiger partial charge in [0.2, 0.25) is 0 Å². The average molecular weight is 296 g/mol. The van der Waals surface area contributed by atoms with E-state index in [-0.39, 0.29) is 13.2 Å². The van der Waals surface area contributed by atoms with Crippen LogP contribution in [-0.2, 0) is 9.53 Å². The van der Waals surface area contributed by atoms with Gasteiger partial charge in [0.1, 0.15) is 5.82 Å². The third-order valence-corrected chi connectivity index (χ3v) is 3.34. The van der Waals surface area contributed by atoms with Crippen molar-refractivity contribution in [3.63, 3.8) is 0 Å². The van der Waals surface area contributed by atoms with Crippen LogP contribution in [0.3, 0.4) is 0 Å². The number of nitrogens with zero attached hydrogens (tertiary/aromatic N) is 1. The van der Waals surface area contributed by atoms with Gasteiger partial charge in [-0.25, -0.2) is 14.0 Å². The molecular weight excluding hydrogens is 279 g/mol. The summed E-state index contributed by atoms with van der Waals surface area (Å²) in [5.41, 5.74) is 0.383. The van der Waals surface area contributed by atoms with Crippen molar-refractivity contribution in [2.45, 2.75) is 19.1 Å². The number of urea groups is 1. The van der Waals surface area contributed by atoms with E-state index in [1.807, 2.05) is 0 Å². The molecular formula is C14H17FN2O4. The zero-order valence-corrected chi connectivity index (χ0v) is 11.6. The zero-order chi connectivity index (χ0) is 15.4. The molecule has 2 unspecified atom stereocenters. The van der Waals surface area contributed by atoms with Crippen LogP contribution in [0.4, 0.5) is 9.18 Å². The Kier molecular flexibility index (Phi) is 4.74. The second-order valence-electron chi connectivity index (χ2n) is 4.84. The summed E-state index contributed by atoms with van der Waals surface area (Å²) in [6.45, 7) is 2.12. The highest BCUT2D eigenvalue weighted by Gasteiger charge is 2.29. The largest absolute Gasteiger partial charge is 0.479 e. The summed E-state index contributed by atoms with van der Waals surface area (Å²) >= 11 is 0. The number of morpholine rings is 1.